The minimum atomic E-state index is -3.71. The van der Waals surface area contributed by atoms with E-state index in [1.54, 1.807) is 48.5 Å². The standard InChI is InChI=1S/C42H44ClN5O8S/c1-44-41(51)37(29-11-7-4-8-12-29)48-42(52)38-30(24-36(56-38)28-15-19-32(20-16-28)57(53,54)45-2)25-46-39(49)33(23-26-9-5-3-6-10-26)47-40(50)35-22-21-34(55-35)27-13-17-31(43)18-14-27/h3,5-6,9-10,13-22,24,29,33,37,45H,4,7-8,11-12,23,25H2,1-2H3,(H,44,51)(H,46,49)(H,47,50)(H,48,52). The molecule has 13 nitrogen and oxygen atoms in total. The van der Waals surface area contributed by atoms with Crippen molar-refractivity contribution < 1.29 is 36.4 Å². The van der Waals surface area contributed by atoms with Crippen molar-refractivity contribution in [2.75, 3.05) is 14.1 Å². The molecule has 2 heterocycles. The van der Waals surface area contributed by atoms with E-state index in [1.807, 2.05) is 30.3 Å². The van der Waals surface area contributed by atoms with E-state index < -0.39 is 39.8 Å². The Labute approximate surface area is 336 Å². The molecule has 0 saturated heterocycles. The number of rotatable bonds is 15. The van der Waals surface area contributed by atoms with Gasteiger partial charge in [-0.25, -0.2) is 13.1 Å². The van der Waals surface area contributed by atoms with E-state index in [2.05, 4.69) is 26.0 Å². The second-order valence-electron chi connectivity index (χ2n) is 13.8. The van der Waals surface area contributed by atoms with E-state index in [0.29, 0.717) is 21.9 Å². The average molecular weight is 814 g/mol. The van der Waals surface area contributed by atoms with Gasteiger partial charge in [0.15, 0.2) is 11.5 Å². The fourth-order valence-corrected chi connectivity index (χ4v) is 7.72. The summed E-state index contributed by atoms with van der Waals surface area (Å²) in [4.78, 5) is 54.5. The number of carbonyl (C=O) groups excluding carboxylic acids is 4. The molecule has 1 aliphatic carbocycles. The van der Waals surface area contributed by atoms with Crippen molar-refractivity contribution in [2.24, 2.45) is 5.92 Å². The first-order valence-corrected chi connectivity index (χ1v) is 20.5. The third-order valence-corrected chi connectivity index (χ3v) is 11.7. The Kier molecular flexibility index (Phi) is 13.3. The fourth-order valence-electron chi connectivity index (χ4n) is 6.86. The van der Waals surface area contributed by atoms with Gasteiger partial charge < -0.3 is 30.1 Å². The Bertz CT molecular complexity index is 2300. The number of nitrogens with one attached hydrogen (secondary N) is 5. The predicted molar refractivity (Wildman–Crippen MR) is 215 cm³/mol. The van der Waals surface area contributed by atoms with E-state index in [-0.39, 0.29) is 47.0 Å². The smallest absolute Gasteiger partial charge is 0.288 e. The molecule has 2 atom stereocenters. The van der Waals surface area contributed by atoms with Crippen molar-refractivity contribution in [3.63, 3.8) is 0 Å². The van der Waals surface area contributed by atoms with Gasteiger partial charge in [-0.2, -0.15) is 0 Å². The second kappa shape index (κ2) is 18.5. The Morgan fingerprint density at radius 3 is 2.09 bits per heavy atom. The zero-order valence-corrected chi connectivity index (χ0v) is 33.0. The summed E-state index contributed by atoms with van der Waals surface area (Å²) in [6.07, 6.45) is 4.65. The van der Waals surface area contributed by atoms with Gasteiger partial charge in [-0.15, -0.1) is 0 Å². The van der Waals surface area contributed by atoms with Gasteiger partial charge in [-0.05, 0) is 98.1 Å². The first kappa shape index (κ1) is 40.9. The summed E-state index contributed by atoms with van der Waals surface area (Å²) in [7, 11) is -0.879. The highest BCUT2D eigenvalue weighted by atomic mass is 35.5. The van der Waals surface area contributed by atoms with Crippen molar-refractivity contribution >= 4 is 45.3 Å². The van der Waals surface area contributed by atoms with Gasteiger partial charge in [-0.1, -0.05) is 61.2 Å². The van der Waals surface area contributed by atoms with Crippen LogP contribution in [-0.2, 0) is 32.6 Å². The molecular formula is C42H44ClN5O8S. The van der Waals surface area contributed by atoms with Crippen molar-refractivity contribution in [1.82, 2.24) is 26.0 Å². The van der Waals surface area contributed by atoms with Crippen LogP contribution in [-0.4, -0.2) is 58.2 Å². The van der Waals surface area contributed by atoms with Gasteiger partial charge in [0.05, 0.1) is 4.90 Å². The van der Waals surface area contributed by atoms with Gasteiger partial charge in [0.25, 0.3) is 11.8 Å². The number of carbonyl (C=O) groups is 4. The minimum absolute atomic E-state index is 0.00131. The van der Waals surface area contributed by atoms with Crippen LogP contribution < -0.4 is 26.0 Å². The molecule has 2 unspecified atom stereocenters. The van der Waals surface area contributed by atoms with Gasteiger partial charge in [0.2, 0.25) is 21.8 Å². The van der Waals surface area contributed by atoms with Crippen LogP contribution in [0.2, 0.25) is 5.02 Å². The Morgan fingerprint density at radius 2 is 1.42 bits per heavy atom. The van der Waals surface area contributed by atoms with Crippen molar-refractivity contribution in [2.45, 2.75) is 62.0 Å². The number of amides is 4. The minimum Gasteiger partial charge on any atom is -0.451 e. The van der Waals surface area contributed by atoms with Crippen LogP contribution in [0.3, 0.4) is 0 Å². The van der Waals surface area contributed by atoms with E-state index in [4.69, 9.17) is 20.4 Å². The summed E-state index contributed by atoms with van der Waals surface area (Å²) in [5.74, 6) is -1.64. The van der Waals surface area contributed by atoms with Crippen molar-refractivity contribution in [3.05, 3.63) is 125 Å². The Hall–Kier alpha value is -5.70. The van der Waals surface area contributed by atoms with Gasteiger partial charge >= 0.3 is 0 Å². The molecule has 6 rings (SSSR count). The summed E-state index contributed by atoms with van der Waals surface area (Å²) < 4.78 is 38.9. The molecule has 0 aliphatic heterocycles. The monoisotopic (exact) mass is 813 g/mol. The second-order valence-corrected chi connectivity index (χ2v) is 16.1. The fraction of sp³-hybridized carbons (Fsp3) is 0.286. The highest BCUT2D eigenvalue weighted by Crippen LogP contribution is 2.30. The van der Waals surface area contributed by atoms with E-state index in [0.717, 1.165) is 43.2 Å². The molecule has 1 saturated carbocycles. The summed E-state index contributed by atoms with van der Waals surface area (Å²) in [5.41, 5.74) is 2.27. The average Bonchev–Trinajstić information content (AvgIpc) is 3.91. The molecule has 0 radical (unpaired) electrons. The molecule has 4 amide bonds. The topological polar surface area (TPSA) is 189 Å². The maximum Gasteiger partial charge on any atom is 0.288 e. The van der Waals surface area contributed by atoms with E-state index in [9.17, 15) is 27.6 Å². The van der Waals surface area contributed by atoms with Crippen LogP contribution in [0.1, 0.15) is 64.3 Å². The lowest BCUT2D eigenvalue weighted by atomic mass is 9.83. The number of benzene rings is 3. The maximum absolute atomic E-state index is 14.0. The highest BCUT2D eigenvalue weighted by molar-refractivity contribution is 7.89. The van der Waals surface area contributed by atoms with Crippen LogP contribution in [0.4, 0.5) is 0 Å². The number of hydrogen-bond donors (Lipinski definition) is 5. The summed E-state index contributed by atoms with van der Waals surface area (Å²) >= 11 is 6.02. The maximum atomic E-state index is 14.0. The molecule has 298 valence electrons. The molecule has 57 heavy (non-hydrogen) atoms. The zero-order valence-electron chi connectivity index (χ0n) is 31.5. The highest BCUT2D eigenvalue weighted by Gasteiger charge is 2.33. The summed E-state index contributed by atoms with van der Waals surface area (Å²) in [6.45, 7) is -0.187. The third kappa shape index (κ3) is 10.2. The van der Waals surface area contributed by atoms with Crippen LogP contribution in [0.25, 0.3) is 22.6 Å². The Balaban J connectivity index is 1.26. The lowest BCUT2D eigenvalue weighted by molar-refractivity contribution is -0.124. The third-order valence-electron chi connectivity index (χ3n) is 9.99. The van der Waals surface area contributed by atoms with Gasteiger partial charge in [0.1, 0.15) is 23.6 Å². The van der Waals surface area contributed by atoms with Crippen LogP contribution in [0.15, 0.2) is 111 Å². The number of likely N-dealkylation sites (N-methyl/N-ethyl adjacent to an activating group) is 1. The number of sulfonamides is 1. The largest absolute Gasteiger partial charge is 0.451 e. The van der Waals surface area contributed by atoms with Crippen LogP contribution in [0.5, 0.6) is 0 Å². The SMILES string of the molecule is CNC(=O)C(NC(=O)c1oc(-c2ccc(S(=O)(=O)NC)cc2)cc1CNC(=O)C(Cc1ccccc1)NC(=O)c1ccc(-c2ccc(Cl)cc2)o1)C1CCCCC1. The summed E-state index contributed by atoms with van der Waals surface area (Å²) in [5, 5.41) is 11.7. The molecular weight excluding hydrogens is 770 g/mol. The van der Waals surface area contributed by atoms with Crippen molar-refractivity contribution in [1.29, 1.82) is 0 Å². The first-order valence-electron chi connectivity index (χ1n) is 18.6. The normalized spacial score (nSPS) is 14.3. The summed E-state index contributed by atoms with van der Waals surface area (Å²) in [6, 6.07) is 24.9. The van der Waals surface area contributed by atoms with E-state index in [1.165, 1.54) is 32.3 Å². The molecule has 5 N–H and O–H groups in total. The lowest BCUT2D eigenvalue weighted by Gasteiger charge is -2.29. The van der Waals surface area contributed by atoms with Crippen LogP contribution >= 0.6 is 11.6 Å². The number of hydrogen-bond acceptors (Lipinski definition) is 8. The van der Waals surface area contributed by atoms with E-state index >= 15 is 0 Å². The molecule has 0 spiro atoms. The van der Waals surface area contributed by atoms with Gasteiger partial charge in [-0.3, -0.25) is 19.2 Å². The Morgan fingerprint density at radius 1 is 0.754 bits per heavy atom. The molecule has 1 fully saturated rings. The number of halogens is 1. The molecule has 15 heteroatoms. The molecule has 5 aromatic rings. The molecule has 1 aliphatic rings. The van der Waals surface area contributed by atoms with Crippen molar-refractivity contribution in [3.8, 4) is 22.6 Å². The molecule has 2 aromatic heterocycles. The number of furan rings is 2. The lowest BCUT2D eigenvalue weighted by Crippen LogP contribution is -2.50. The quantitative estimate of drug-likeness (QED) is 0.0871. The zero-order chi connectivity index (χ0) is 40.5. The molecule has 0 bridgehead atoms. The van der Waals surface area contributed by atoms with Crippen LogP contribution in [0, 0.1) is 5.92 Å². The predicted octanol–water partition coefficient (Wildman–Crippen LogP) is 5.85. The molecule has 3 aromatic carbocycles. The first-order chi connectivity index (χ1) is 27.4. The van der Waals surface area contributed by atoms with Gasteiger partial charge in [0, 0.05) is 41.7 Å².